The first-order valence-electron chi connectivity index (χ1n) is 6.34. The van der Waals surface area contributed by atoms with Crippen molar-refractivity contribution in [3.63, 3.8) is 0 Å². The van der Waals surface area contributed by atoms with E-state index in [2.05, 4.69) is 15.9 Å². The van der Waals surface area contributed by atoms with Gasteiger partial charge < -0.3 is 4.74 Å². The summed E-state index contributed by atoms with van der Waals surface area (Å²) in [5, 5.41) is 0. The molecule has 21 heavy (non-hydrogen) atoms. The van der Waals surface area contributed by atoms with E-state index in [1.807, 2.05) is 20.8 Å². The monoisotopic (exact) mass is 396 g/mol. The van der Waals surface area contributed by atoms with E-state index in [1.54, 1.807) is 6.92 Å². The minimum Gasteiger partial charge on any atom is -0.462 e. The summed E-state index contributed by atoms with van der Waals surface area (Å²) in [5.74, 6) is -0.556. The fraction of sp³-hybridized carbons (Fsp3) is 0.500. The smallest absolute Gasteiger partial charge is 0.338 e. The maximum atomic E-state index is 12.1. The summed E-state index contributed by atoms with van der Waals surface area (Å²) in [5.41, 5.74) is 0.856. The van der Waals surface area contributed by atoms with Gasteiger partial charge in [0.05, 0.1) is 17.1 Å². The van der Waals surface area contributed by atoms with Gasteiger partial charge in [0.15, 0.2) is 0 Å². The Morgan fingerprint density at radius 2 is 1.90 bits per heavy atom. The zero-order valence-corrected chi connectivity index (χ0v) is 15.5. The SMILES string of the molecule is Cc1c(Br)cc(S(=O)(=O)Cl)cc1C(=O)OCCC(C)(C)C. The van der Waals surface area contributed by atoms with E-state index >= 15 is 0 Å². The van der Waals surface area contributed by atoms with Gasteiger partial charge in [-0.1, -0.05) is 36.7 Å². The molecule has 0 aliphatic rings. The molecule has 1 aromatic carbocycles. The maximum absolute atomic E-state index is 12.1. The first-order valence-corrected chi connectivity index (χ1v) is 9.44. The Morgan fingerprint density at radius 1 is 1.33 bits per heavy atom. The molecule has 0 amide bonds. The first-order chi connectivity index (χ1) is 9.42. The van der Waals surface area contributed by atoms with Crippen molar-refractivity contribution in [2.45, 2.75) is 39.0 Å². The fourth-order valence-corrected chi connectivity index (χ4v) is 2.93. The lowest BCUT2D eigenvalue weighted by atomic mass is 9.93. The Morgan fingerprint density at radius 3 is 2.38 bits per heavy atom. The number of carbonyl (C=O) groups excluding carboxylic acids is 1. The molecule has 1 rings (SSSR count). The molecule has 0 spiro atoms. The standard InChI is InChI=1S/C14H18BrClO4S/c1-9-11(13(17)20-6-5-14(2,3)4)7-10(8-12(9)15)21(16,18)19/h7-8H,5-6H2,1-4H3. The average Bonchev–Trinajstić information content (AvgIpc) is 2.29. The molecule has 4 nitrogen and oxygen atoms in total. The van der Waals surface area contributed by atoms with Crippen LogP contribution >= 0.6 is 26.6 Å². The molecule has 0 aliphatic heterocycles. The predicted molar refractivity (Wildman–Crippen MR) is 86.3 cm³/mol. The molecule has 0 fully saturated rings. The second kappa shape index (κ2) is 6.67. The van der Waals surface area contributed by atoms with Crippen LogP contribution in [0.25, 0.3) is 0 Å². The van der Waals surface area contributed by atoms with Crippen LogP contribution in [0, 0.1) is 12.3 Å². The van der Waals surface area contributed by atoms with Crippen molar-refractivity contribution in [3.8, 4) is 0 Å². The lowest BCUT2D eigenvalue weighted by Crippen LogP contribution is -2.14. The Labute approximate surface area is 138 Å². The molecule has 0 radical (unpaired) electrons. The van der Waals surface area contributed by atoms with Crippen LogP contribution in [-0.2, 0) is 13.8 Å². The minimum absolute atomic E-state index is 0.0528. The van der Waals surface area contributed by atoms with Gasteiger partial charge in [-0.15, -0.1) is 0 Å². The molecule has 0 saturated heterocycles. The highest BCUT2D eigenvalue weighted by molar-refractivity contribution is 9.10. The van der Waals surface area contributed by atoms with Crippen LogP contribution in [0.4, 0.5) is 0 Å². The number of benzene rings is 1. The summed E-state index contributed by atoms with van der Waals surface area (Å²) in [6.07, 6.45) is 0.715. The van der Waals surface area contributed by atoms with Crippen LogP contribution in [0.5, 0.6) is 0 Å². The van der Waals surface area contributed by atoms with Crippen LogP contribution in [0.15, 0.2) is 21.5 Å². The van der Waals surface area contributed by atoms with Crippen molar-refractivity contribution in [1.82, 2.24) is 0 Å². The van der Waals surface area contributed by atoms with Gasteiger partial charge in [-0.3, -0.25) is 0 Å². The highest BCUT2D eigenvalue weighted by Crippen LogP contribution is 2.27. The van der Waals surface area contributed by atoms with Gasteiger partial charge in [-0.2, -0.15) is 0 Å². The van der Waals surface area contributed by atoms with Gasteiger partial charge in [0.25, 0.3) is 9.05 Å². The summed E-state index contributed by atoms with van der Waals surface area (Å²) >= 11 is 3.23. The van der Waals surface area contributed by atoms with Crippen molar-refractivity contribution in [2.75, 3.05) is 6.61 Å². The first kappa shape index (κ1) is 18.5. The number of carbonyl (C=O) groups is 1. The highest BCUT2D eigenvalue weighted by Gasteiger charge is 2.20. The van der Waals surface area contributed by atoms with Crippen LogP contribution in [0.2, 0.25) is 0 Å². The quantitative estimate of drug-likeness (QED) is 0.562. The molecule has 0 N–H and O–H groups in total. The average molecular weight is 398 g/mol. The number of halogens is 2. The third-order valence-electron chi connectivity index (χ3n) is 2.90. The third-order valence-corrected chi connectivity index (χ3v) is 5.06. The number of hydrogen-bond donors (Lipinski definition) is 0. The van der Waals surface area contributed by atoms with Crippen molar-refractivity contribution in [3.05, 3.63) is 27.7 Å². The molecule has 0 aliphatic carbocycles. The van der Waals surface area contributed by atoms with E-state index in [0.717, 1.165) is 0 Å². The van der Waals surface area contributed by atoms with Crippen molar-refractivity contribution >= 4 is 41.6 Å². The topological polar surface area (TPSA) is 60.4 Å². The molecule has 118 valence electrons. The van der Waals surface area contributed by atoms with Gasteiger partial charge in [-0.05, 0) is 36.5 Å². The minimum atomic E-state index is -3.91. The molecule has 0 bridgehead atoms. The Hall–Kier alpha value is -0.590. The van der Waals surface area contributed by atoms with Crippen LogP contribution in [-0.4, -0.2) is 21.0 Å². The van der Waals surface area contributed by atoms with Gasteiger partial charge in [0.1, 0.15) is 0 Å². The molecule has 0 aromatic heterocycles. The predicted octanol–water partition coefficient (Wildman–Crippen LogP) is 4.28. The Kier molecular flexibility index (Phi) is 5.86. The van der Waals surface area contributed by atoms with Gasteiger partial charge in [0.2, 0.25) is 0 Å². The molecule has 0 atom stereocenters. The Balaban J connectivity index is 3.02. The summed E-state index contributed by atoms with van der Waals surface area (Å²) < 4.78 is 28.5. The second-order valence-electron chi connectivity index (χ2n) is 5.96. The molecular weight excluding hydrogens is 380 g/mol. The molecule has 7 heteroatoms. The van der Waals surface area contributed by atoms with Crippen LogP contribution in [0.1, 0.15) is 43.1 Å². The number of esters is 1. The molecule has 0 saturated carbocycles. The zero-order chi connectivity index (χ0) is 16.4. The summed E-state index contributed by atoms with van der Waals surface area (Å²) in [6.45, 7) is 8.11. The number of hydrogen-bond acceptors (Lipinski definition) is 4. The number of ether oxygens (including phenoxy) is 1. The summed E-state index contributed by atoms with van der Waals surface area (Å²) in [6, 6.07) is 2.60. The maximum Gasteiger partial charge on any atom is 0.338 e. The fourth-order valence-electron chi connectivity index (χ4n) is 1.53. The largest absolute Gasteiger partial charge is 0.462 e. The highest BCUT2D eigenvalue weighted by atomic mass is 79.9. The van der Waals surface area contributed by atoms with Gasteiger partial charge >= 0.3 is 5.97 Å². The van der Waals surface area contributed by atoms with Crippen molar-refractivity contribution < 1.29 is 17.9 Å². The summed E-state index contributed by atoms with van der Waals surface area (Å²) in [7, 11) is 1.42. The lowest BCUT2D eigenvalue weighted by Gasteiger charge is -2.18. The lowest BCUT2D eigenvalue weighted by molar-refractivity contribution is 0.0463. The molecule has 1 aromatic rings. The molecular formula is C14H18BrClO4S. The van der Waals surface area contributed by atoms with Gasteiger partial charge in [0, 0.05) is 15.2 Å². The van der Waals surface area contributed by atoms with E-state index < -0.39 is 15.0 Å². The summed E-state index contributed by atoms with van der Waals surface area (Å²) in [4.78, 5) is 12.0. The van der Waals surface area contributed by atoms with E-state index in [4.69, 9.17) is 15.4 Å². The van der Waals surface area contributed by atoms with E-state index in [-0.39, 0.29) is 22.5 Å². The molecule has 0 unspecified atom stereocenters. The van der Waals surface area contributed by atoms with Crippen LogP contribution < -0.4 is 0 Å². The normalized spacial score (nSPS) is 12.3. The molecule has 0 heterocycles. The second-order valence-corrected chi connectivity index (χ2v) is 9.38. The number of rotatable bonds is 4. The zero-order valence-electron chi connectivity index (χ0n) is 12.4. The van der Waals surface area contributed by atoms with E-state index in [0.29, 0.717) is 16.5 Å². The van der Waals surface area contributed by atoms with Crippen molar-refractivity contribution in [1.29, 1.82) is 0 Å². The van der Waals surface area contributed by atoms with Crippen LogP contribution in [0.3, 0.4) is 0 Å². The third kappa shape index (κ3) is 5.60. The Bertz CT molecular complexity index is 648. The van der Waals surface area contributed by atoms with E-state index in [1.165, 1.54) is 12.1 Å². The van der Waals surface area contributed by atoms with E-state index in [9.17, 15) is 13.2 Å². The van der Waals surface area contributed by atoms with Crippen molar-refractivity contribution in [2.24, 2.45) is 5.41 Å². The van der Waals surface area contributed by atoms with Gasteiger partial charge in [-0.25, -0.2) is 13.2 Å².